The molecule has 2 aliphatic heterocycles. The third-order valence-electron chi connectivity index (χ3n) is 7.72. The number of likely N-dealkylation sites (tertiary alicyclic amines) is 1. The summed E-state index contributed by atoms with van der Waals surface area (Å²) < 4.78 is 30.4. The lowest BCUT2D eigenvalue weighted by Gasteiger charge is -2.32. The molecular formula is C35H40FN3O5. The molecule has 0 aliphatic carbocycles. The summed E-state index contributed by atoms with van der Waals surface area (Å²) in [6.45, 7) is 10.5. The van der Waals surface area contributed by atoms with Gasteiger partial charge in [0.1, 0.15) is 17.2 Å². The Labute approximate surface area is 258 Å². The zero-order valence-electron chi connectivity index (χ0n) is 25.8. The SMILES string of the molecule is C[C@@H](NC(=O)c1cncc(OCC2COC2)c1)c1ccc(C(=C2CCN(C(=O)OC(C)(C)C)CC2)c2ccc(F)cc2)cc1. The number of piperidine rings is 1. The van der Waals surface area contributed by atoms with E-state index in [-0.39, 0.29) is 23.9 Å². The topological polar surface area (TPSA) is 90.0 Å². The number of carbonyl (C=O) groups excluding carboxylic acids is 2. The van der Waals surface area contributed by atoms with E-state index in [1.54, 1.807) is 29.3 Å². The predicted octanol–water partition coefficient (Wildman–Crippen LogP) is 6.57. The maximum Gasteiger partial charge on any atom is 0.410 e. The first-order valence-corrected chi connectivity index (χ1v) is 15.1. The van der Waals surface area contributed by atoms with E-state index in [4.69, 9.17) is 14.2 Å². The van der Waals surface area contributed by atoms with Crippen molar-refractivity contribution in [3.05, 3.63) is 101 Å². The number of hydrogen-bond donors (Lipinski definition) is 1. The lowest BCUT2D eigenvalue weighted by atomic mass is 9.88. The normalized spacial score (nSPS) is 16.1. The molecule has 0 radical (unpaired) electrons. The number of hydrogen-bond acceptors (Lipinski definition) is 6. The molecule has 0 spiro atoms. The van der Waals surface area contributed by atoms with Crippen LogP contribution in [0, 0.1) is 11.7 Å². The number of halogens is 1. The highest BCUT2D eigenvalue weighted by Crippen LogP contribution is 2.33. The molecule has 0 saturated carbocycles. The van der Waals surface area contributed by atoms with E-state index >= 15 is 0 Å². The minimum atomic E-state index is -0.550. The Morgan fingerprint density at radius 2 is 1.64 bits per heavy atom. The highest BCUT2D eigenvalue weighted by Gasteiger charge is 2.26. The maximum absolute atomic E-state index is 13.8. The van der Waals surface area contributed by atoms with Gasteiger partial charge in [-0.1, -0.05) is 42.0 Å². The fourth-order valence-electron chi connectivity index (χ4n) is 5.25. The summed E-state index contributed by atoms with van der Waals surface area (Å²) in [7, 11) is 0. The van der Waals surface area contributed by atoms with Crippen LogP contribution in [-0.4, -0.2) is 60.4 Å². The number of aromatic nitrogens is 1. The van der Waals surface area contributed by atoms with E-state index in [9.17, 15) is 14.0 Å². The molecule has 2 aliphatic rings. The number of ether oxygens (including phenoxy) is 3. The van der Waals surface area contributed by atoms with Crippen molar-refractivity contribution >= 4 is 17.6 Å². The van der Waals surface area contributed by atoms with E-state index in [1.165, 1.54) is 23.9 Å². The molecule has 2 amide bonds. The van der Waals surface area contributed by atoms with Crippen molar-refractivity contribution in [2.75, 3.05) is 32.9 Å². The summed E-state index contributed by atoms with van der Waals surface area (Å²) in [5, 5.41) is 3.05. The fraction of sp³-hybridized carbons (Fsp3) is 0.400. The van der Waals surface area contributed by atoms with Crippen LogP contribution in [0.3, 0.4) is 0 Å². The summed E-state index contributed by atoms with van der Waals surface area (Å²) in [5.74, 6) is 0.398. The van der Waals surface area contributed by atoms with Crippen LogP contribution < -0.4 is 10.1 Å². The van der Waals surface area contributed by atoms with Crippen molar-refractivity contribution < 1.29 is 28.2 Å². The van der Waals surface area contributed by atoms with Crippen LogP contribution in [0.15, 0.2) is 72.6 Å². The molecule has 0 bridgehead atoms. The van der Waals surface area contributed by atoms with Crippen LogP contribution in [0.5, 0.6) is 5.75 Å². The maximum atomic E-state index is 13.8. The largest absolute Gasteiger partial charge is 0.491 e. The molecule has 1 N–H and O–H groups in total. The highest BCUT2D eigenvalue weighted by molar-refractivity contribution is 5.94. The molecule has 3 aromatic rings. The first kappa shape index (κ1) is 31.2. The van der Waals surface area contributed by atoms with E-state index in [0.29, 0.717) is 63.0 Å². The molecular weight excluding hydrogens is 561 g/mol. The highest BCUT2D eigenvalue weighted by atomic mass is 19.1. The van der Waals surface area contributed by atoms with Gasteiger partial charge in [-0.25, -0.2) is 9.18 Å². The van der Waals surface area contributed by atoms with Crippen molar-refractivity contribution in [2.45, 2.75) is 52.2 Å². The molecule has 5 rings (SSSR count). The lowest BCUT2D eigenvalue weighted by molar-refractivity contribution is -0.0509. The standard InChI is InChI=1S/C35H40FN3O5/c1-23(38-33(40)29-17-31(19-37-18-29)43-22-24-20-42-21-24)25-5-7-26(8-6-25)32(27-9-11-30(36)12-10-27)28-13-15-39(16-14-28)34(41)44-35(2,3)4/h5-12,17-19,23-24H,13-16,20-22H2,1-4H3,(H,38,40)/t23-/m1/s1. The number of pyridine rings is 1. The summed E-state index contributed by atoms with van der Waals surface area (Å²) in [4.78, 5) is 31.6. The molecule has 0 unspecified atom stereocenters. The predicted molar refractivity (Wildman–Crippen MR) is 166 cm³/mol. The Bertz CT molecular complexity index is 1480. The van der Waals surface area contributed by atoms with E-state index in [2.05, 4.69) is 10.3 Å². The van der Waals surface area contributed by atoms with Crippen molar-refractivity contribution in [3.8, 4) is 5.75 Å². The average Bonchev–Trinajstić information content (AvgIpc) is 2.97. The van der Waals surface area contributed by atoms with Gasteiger partial charge in [-0.3, -0.25) is 9.78 Å². The Morgan fingerprint density at radius 3 is 2.23 bits per heavy atom. The second-order valence-corrected chi connectivity index (χ2v) is 12.4. The van der Waals surface area contributed by atoms with Gasteiger partial charge in [0.25, 0.3) is 5.91 Å². The molecule has 3 heterocycles. The lowest BCUT2D eigenvalue weighted by Crippen LogP contribution is -2.40. The first-order valence-electron chi connectivity index (χ1n) is 15.1. The number of benzene rings is 2. The van der Waals surface area contributed by atoms with Gasteiger partial charge >= 0.3 is 6.09 Å². The number of nitrogens with one attached hydrogen (secondary N) is 1. The van der Waals surface area contributed by atoms with Gasteiger partial charge in [-0.05, 0) is 81.0 Å². The Kier molecular flexibility index (Phi) is 9.64. The average molecular weight is 602 g/mol. The second-order valence-electron chi connectivity index (χ2n) is 12.4. The fourth-order valence-corrected chi connectivity index (χ4v) is 5.25. The monoisotopic (exact) mass is 601 g/mol. The third kappa shape index (κ3) is 8.02. The van der Waals surface area contributed by atoms with Gasteiger partial charge in [-0.15, -0.1) is 0 Å². The van der Waals surface area contributed by atoms with E-state index in [1.807, 2.05) is 52.0 Å². The van der Waals surface area contributed by atoms with Gasteiger partial charge in [0.05, 0.1) is 37.6 Å². The summed E-state index contributed by atoms with van der Waals surface area (Å²) in [5.41, 5.74) is 4.96. The smallest absolute Gasteiger partial charge is 0.410 e. The molecule has 1 aromatic heterocycles. The molecule has 1 atom stereocenters. The third-order valence-corrected chi connectivity index (χ3v) is 7.72. The zero-order valence-corrected chi connectivity index (χ0v) is 25.8. The van der Waals surface area contributed by atoms with Crippen LogP contribution >= 0.6 is 0 Å². The first-order chi connectivity index (χ1) is 21.1. The van der Waals surface area contributed by atoms with Gasteiger partial charge in [-0.2, -0.15) is 0 Å². The van der Waals surface area contributed by atoms with Crippen molar-refractivity contribution in [3.63, 3.8) is 0 Å². The quantitative estimate of drug-likeness (QED) is 0.314. The second kappa shape index (κ2) is 13.6. The van der Waals surface area contributed by atoms with Crippen molar-refractivity contribution in [1.82, 2.24) is 15.2 Å². The summed E-state index contributed by atoms with van der Waals surface area (Å²) in [6.07, 6.45) is 4.20. The van der Waals surface area contributed by atoms with Crippen LogP contribution in [0.25, 0.3) is 5.57 Å². The Morgan fingerprint density at radius 1 is 1.00 bits per heavy atom. The number of amides is 2. The molecule has 232 valence electrons. The van der Waals surface area contributed by atoms with Crippen LogP contribution in [0.1, 0.15) is 73.6 Å². The van der Waals surface area contributed by atoms with Gasteiger partial charge in [0.2, 0.25) is 0 Å². The van der Waals surface area contributed by atoms with Gasteiger partial charge in [0, 0.05) is 25.2 Å². The van der Waals surface area contributed by atoms with Crippen LogP contribution in [0.4, 0.5) is 9.18 Å². The number of nitrogens with zero attached hydrogens (tertiary/aromatic N) is 2. The number of rotatable bonds is 8. The minimum Gasteiger partial charge on any atom is -0.491 e. The minimum absolute atomic E-state index is 0.239. The Balaban J connectivity index is 1.29. The van der Waals surface area contributed by atoms with Crippen molar-refractivity contribution in [2.24, 2.45) is 5.92 Å². The number of carbonyl (C=O) groups is 2. The van der Waals surface area contributed by atoms with Gasteiger partial charge in [0.15, 0.2) is 0 Å². The molecule has 8 nitrogen and oxygen atoms in total. The Hall–Kier alpha value is -4.24. The van der Waals surface area contributed by atoms with Gasteiger partial charge < -0.3 is 24.4 Å². The van der Waals surface area contributed by atoms with Crippen LogP contribution in [0.2, 0.25) is 0 Å². The molecule has 2 saturated heterocycles. The van der Waals surface area contributed by atoms with Crippen LogP contribution in [-0.2, 0) is 9.47 Å². The van der Waals surface area contributed by atoms with Crippen molar-refractivity contribution in [1.29, 1.82) is 0 Å². The van der Waals surface area contributed by atoms with E-state index < -0.39 is 5.60 Å². The molecule has 2 aromatic carbocycles. The van der Waals surface area contributed by atoms with E-state index in [0.717, 1.165) is 22.3 Å². The summed E-state index contributed by atoms with van der Waals surface area (Å²) in [6, 6.07) is 16.0. The summed E-state index contributed by atoms with van der Waals surface area (Å²) >= 11 is 0. The molecule has 9 heteroatoms. The molecule has 44 heavy (non-hydrogen) atoms. The molecule has 2 fully saturated rings. The zero-order chi connectivity index (χ0) is 31.3.